The molecule has 0 aliphatic carbocycles. The van der Waals surface area contributed by atoms with Crippen molar-refractivity contribution in [3.05, 3.63) is 33.3 Å². The van der Waals surface area contributed by atoms with Crippen LogP contribution < -0.4 is 0 Å². The lowest BCUT2D eigenvalue weighted by molar-refractivity contribution is -0.117. The number of carbonyl (C=O) groups excluding carboxylic acids is 1. The minimum Gasteiger partial charge on any atom is -0.300 e. The van der Waals surface area contributed by atoms with E-state index >= 15 is 0 Å². The molecule has 0 heterocycles. The van der Waals surface area contributed by atoms with Gasteiger partial charge in [-0.15, -0.1) is 0 Å². The number of hydrogen-bond acceptors (Lipinski definition) is 1. The molecule has 0 aliphatic heterocycles. The number of aryl methyl sites for hydroxylation is 2. The molecule has 0 spiro atoms. The third kappa shape index (κ3) is 3.44. The Morgan fingerprint density at radius 2 is 1.88 bits per heavy atom. The molecule has 1 nitrogen and oxygen atoms in total. The second kappa shape index (κ2) is 5.62. The van der Waals surface area contributed by atoms with E-state index in [-0.39, 0.29) is 5.78 Å². The molecule has 0 saturated carbocycles. The van der Waals surface area contributed by atoms with Crippen molar-refractivity contribution in [1.29, 1.82) is 0 Å². The van der Waals surface area contributed by atoms with Crippen molar-refractivity contribution in [2.24, 2.45) is 0 Å². The summed E-state index contributed by atoms with van der Waals surface area (Å²) in [5, 5.41) is 0. The fourth-order valence-electron chi connectivity index (χ4n) is 1.76. The maximum Gasteiger partial charge on any atom is 0.129 e. The van der Waals surface area contributed by atoms with E-state index in [1.807, 2.05) is 0 Å². The zero-order valence-electron chi connectivity index (χ0n) is 10.4. The van der Waals surface area contributed by atoms with Crippen LogP contribution >= 0.6 is 15.9 Å². The molecule has 0 saturated heterocycles. The molecule has 1 aromatic carbocycles. The molecular formula is C14H19BrO. The third-order valence-corrected chi connectivity index (χ3v) is 3.76. The molecule has 1 aromatic rings. The summed E-state index contributed by atoms with van der Waals surface area (Å²) in [5.74, 6) is 0.699. The van der Waals surface area contributed by atoms with Gasteiger partial charge in [0, 0.05) is 10.9 Å². The minimum atomic E-state index is 0.270. The summed E-state index contributed by atoms with van der Waals surface area (Å²) in [4.78, 5) is 11.0. The van der Waals surface area contributed by atoms with Crippen LogP contribution in [0.15, 0.2) is 16.6 Å². The van der Waals surface area contributed by atoms with Crippen LogP contribution in [0.4, 0.5) is 0 Å². The van der Waals surface area contributed by atoms with Gasteiger partial charge in [-0.1, -0.05) is 28.9 Å². The first kappa shape index (κ1) is 13.4. The highest BCUT2D eigenvalue weighted by Crippen LogP contribution is 2.30. The Hall–Kier alpha value is -0.630. The zero-order valence-corrected chi connectivity index (χ0v) is 12.0. The fraction of sp³-hybridized carbons (Fsp3) is 0.500. The zero-order chi connectivity index (χ0) is 12.3. The van der Waals surface area contributed by atoms with E-state index in [0.29, 0.717) is 12.3 Å². The Balaban J connectivity index is 2.86. The first-order chi connectivity index (χ1) is 7.41. The van der Waals surface area contributed by atoms with Crippen molar-refractivity contribution in [1.82, 2.24) is 0 Å². The van der Waals surface area contributed by atoms with Gasteiger partial charge in [-0.2, -0.15) is 0 Å². The number of ketones is 1. The largest absolute Gasteiger partial charge is 0.300 e. The molecule has 1 rings (SSSR count). The van der Waals surface area contributed by atoms with E-state index in [1.165, 1.54) is 16.7 Å². The van der Waals surface area contributed by atoms with Crippen molar-refractivity contribution >= 4 is 21.7 Å². The molecule has 0 amide bonds. The van der Waals surface area contributed by atoms with Crippen molar-refractivity contribution in [3.63, 3.8) is 0 Å². The van der Waals surface area contributed by atoms with E-state index in [9.17, 15) is 4.79 Å². The predicted molar refractivity (Wildman–Crippen MR) is 71.9 cm³/mol. The minimum absolute atomic E-state index is 0.270. The van der Waals surface area contributed by atoms with Gasteiger partial charge in [-0.3, -0.25) is 0 Å². The van der Waals surface area contributed by atoms with Gasteiger partial charge in [0.15, 0.2) is 0 Å². The summed E-state index contributed by atoms with van der Waals surface area (Å²) in [6.45, 7) is 8.08. The Kier molecular flexibility index (Phi) is 4.72. The highest BCUT2D eigenvalue weighted by atomic mass is 79.9. The van der Waals surface area contributed by atoms with Crippen LogP contribution in [0.3, 0.4) is 0 Å². The Morgan fingerprint density at radius 3 is 2.44 bits per heavy atom. The maximum atomic E-state index is 11.0. The standard InChI is InChI=1S/C14H19BrO/c1-9(5-6-12(4)16)13-7-10(2)11(3)8-14(13)15/h7-9H,5-6H2,1-4H3. The topological polar surface area (TPSA) is 17.1 Å². The van der Waals surface area contributed by atoms with Gasteiger partial charge in [0.1, 0.15) is 5.78 Å². The van der Waals surface area contributed by atoms with Crippen LogP contribution in [-0.4, -0.2) is 5.78 Å². The number of Topliss-reactive ketones (excluding diaryl/α,β-unsaturated/α-hetero) is 1. The molecule has 2 heteroatoms. The molecule has 1 unspecified atom stereocenters. The normalized spacial score (nSPS) is 12.6. The van der Waals surface area contributed by atoms with Gasteiger partial charge in [-0.25, -0.2) is 0 Å². The number of hydrogen-bond donors (Lipinski definition) is 0. The summed E-state index contributed by atoms with van der Waals surface area (Å²) in [5.41, 5.74) is 3.92. The Labute approximate surface area is 106 Å². The van der Waals surface area contributed by atoms with E-state index in [1.54, 1.807) is 6.92 Å². The molecule has 0 radical (unpaired) electrons. The lowest BCUT2D eigenvalue weighted by Crippen LogP contribution is -2.00. The highest BCUT2D eigenvalue weighted by molar-refractivity contribution is 9.10. The monoisotopic (exact) mass is 282 g/mol. The van der Waals surface area contributed by atoms with Gasteiger partial charge >= 0.3 is 0 Å². The first-order valence-corrected chi connectivity index (χ1v) is 6.47. The molecule has 0 aromatic heterocycles. The second-order valence-electron chi connectivity index (χ2n) is 4.60. The number of benzene rings is 1. The number of rotatable bonds is 4. The molecular weight excluding hydrogens is 264 g/mol. The average molecular weight is 283 g/mol. The summed E-state index contributed by atoms with van der Waals surface area (Å²) in [6.07, 6.45) is 1.59. The molecule has 0 bridgehead atoms. The van der Waals surface area contributed by atoms with Crippen LogP contribution in [0.2, 0.25) is 0 Å². The summed E-state index contributed by atoms with van der Waals surface area (Å²) in [6, 6.07) is 4.39. The molecule has 0 fully saturated rings. The molecule has 16 heavy (non-hydrogen) atoms. The molecule has 0 aliphatic rings. The van der Waals surface area contributed by atoms with Crippen molar-refractivity contribution < 1.29 is 4.79 Å². The lowest BCUT2D eigenvalue weighted by Gasteiger charge is -2.15. The third-order valence-electron chi connectivity index (χ3n) is 3.07. The lowest BCUT2D eigenvalue weighted by atomic mass is 9.93. The average Bonchev–Trinajstić information content (AvgIpc) is 2.20. The predicted octanol–water partition coefficient (Wildman–Crippen LogP) is 4.54. The maximum absolute atomic E-state index is 11.0. The van der Waals surface area contributed by atoms with Crippen LogP contribution in [0.25, 0.3) is 0 Å². The van der Waals surface area contributed by atoms with Crippen LogP contribution in [0.5, 0.6) is 0 Å². The van der Waals surface area contributed by atoms with Gasteiger partial charge in [0.2, 0.25) is 0 Å². The van der Waals surface area contributed by atoms with Crippen molar-refractivity contribution in [3.8, 4) is 0 Å². The SMILES string of the molecule is CC(=O)CCC(C)c1cc(C)c(C)cc1Br. The Morgan fingerprint density at radius 1 is 1.31 bits per heavy atom. The van der Waals surface area contributed by atoms with E-state index in [0.717, 1.165) is 10.9 Å². The van der Waals surface area contributed by atoms with Crippen molar-refractivity contribution in [2.45, 2.75) is 46.5 Å². The number of carbonyl (C=O) groups is 1. The summed E-state index contributed by atoms with van der Waals surface area (Å²) in [7, 11) is 0. The van der Waals surface area contributed by atoms with E-state index < -0.39 is 0 Å². The fourth-order valence-corrected chi connectivity index (χ4v) is 2.60. The van der Waals surface area contributed by atoms with Gasteiger partial charge in [0.05, 0.1) is 0 Å². The van der Waals surface area contributed by atoms with Crippen LogP contribution in [0, 0.1) is 13.8 Å². The smallest absolute Gasteiger partial charge is 0.129 e. The second-order valence-corrected chi connectivity index (χ2v) is 5.45. The van der Waals surface area contributed by atoms with Crippen LogP contribution in [-0.2, 0) is 4.79 Å². The molecule has 1 atom stereocenters. The first-order valence-electron chi connectivity index (χ1n) is 5.68. The Bertz CT molecular complexity index is 396. The van der Waals surface area contributed by atoms with Crippen LogP contribution in [0.1, 0.15) is 49.3 Å². The van der Waals surface area contributed by atoms with Gasteiger partial charge in [-0.05, 0) is 55.9 Å². The molecule has 88 valence electrons. The van der Waals surface area contributed by atoms with Gasteiger partial charge < -0.3 is 4.79 Å². The summed E-state index contributed by atoms with van der Waals surface area (Å²) < 4.78 is 1.16. The van der Waals surface area contributed by atoms with E-state index in [2.05, 4.69) is 48.8 Å². The quantitative estimate of drug-likeness (QED) is 0.793. The molecule has 0 N–H and O–H groups in total. The van der Waals surface area contributed by atoms with Crippen molar-refractivity contribution in [2.75, 3.05) is 0 Å². The van der Waals surface area contributed by atoms with Gasteiger partial charge in [0.25, 0.3) is 0 Å². The van der Waals surface area contributed by atoms with E-state index in [4.69, 9.17) is 0 Å². The summed E-state index contributed by atoms with van der Waals surface area (Å²) >= 11 is 3.60. The number of halogens is 1. The highest BCUT2D eigenvalue weighted by Gasteiger charge is 2.11.